The van der Waals surface area contributed by atoms with E-state index in [1.165, 1.54) is 11.8 Å². The number of nitrogens with one attached hydrogen (secondary N) is 1. The second-order valence-corrected chi connectivity index (χ2v) is 9.11. The number of amides is 3. The van der Waals surface area contributed by atoms with Crippen molar-refractivity contribution >= 4 is 46.7 Å². The van der Waals surface area contributed by atoms with Gasteiger partial charge < -0.3 is 9.88 Å². The first-order chi connectivity index (χ1) is 16.6. The average Bonchev–Trinajstić information content (AvgIpc) is 3.39. The van der Waals surface area contributed by atoms with Crippen LogP contribution in [0.2, 0.25) is 0 Å². The van der Waals surface area contributed by atoms with Gasteiger partial charge >= 0.3 is 0 Å². The van der Waals surface area contributed by atoms with Crippen molar-refractivity contribution in [1.82, 2.24) is 30.0 Å². The van der Waals surface area contributed by atoms with E-state index in [0.29, 0.717) is 16.6 Å². The molecule has 1 aromatic carbocycles. The highest BCUT2D eigenvalue weighted by atomic mass is 32.2. The second kappa shape index (κ2) is 11.1. The summed E-state index contributed by atoms with van der Waals surface area (Å²) in [6.45, 7) is 2.95. The van der Waals surface area contributed by atoms with Crippen LogP contribution in [0, 0.1) is 0 Å². The molecule has 0 bridgehead atoms. The minimum atomic E-state index is -0.369. The Hall–Kier alpha value is -3.44. The summed E-state index contributed by atoms with van der Waals surface area (Å²) in [6.07, 6.45) is 4.90. The topological polar surface area (TPSA) is 110 Å². The lowest BCUT2D eigenvalue weighted by atomic mass is 10.2. The van der Waals surface area contributed by atoms with Crippen LogP contribution in [0.5, 0.6) is 0 Å². The Morgan fingerprint density at radius 2 is 1.97 bits per heavy atom. The highest BCUT2D eigenvalue weighted by molar-refractivity contribution is 8.18. The van der Waals surface area contributed by atoms with Crippen LogP contribution < -0.4 is 5.32 Å². The minimum absolute atomic E-state index is 0.106. The van der Waals surface area contributed by atoms with Gasteiger partial charge in [0.05, 0.1) is 10.7 Å². The standard InChI is InChI=1S/C23H22N6O3S2/c1-2-28-20(17-8-4-3-5-9-17)26-27-22(28)33-15-19(30)25-11-12-29-21(31)18(34-23(29)32)13-16-7-6-10-24-14-16/h3-10,13-14H,2,11-12,15H2,1H3,(H,25,30)/b18-13-. The summed E-state index contributed by atoms with van der Waals surface area (Å²) >= 11 is 2.17. The summed E-state index contributed by atoms with van der Waals surface area (Å²) in [4.78, 5) is 42.6. The third-order valence-corrected chi connectivity index (χ3v) is 6.78. The van der Waals surface area contributed by atoms with Crippen molar-refractivity contribution in [2.24, 2.45) is 0 Å². The second-order valence-electron chi connectivity index (χ2n) is 7.17. The first kappa shape index (κ1) is 23.7. The number of rotatable bonds is 9. The molecule has 1 N–H and O–H groups in total. The number of aromatic nitrogens is 4. The fourth-order valence-electron chi connectivity index (χ4n) is 3.28. The Balaban J connectivity index is 1.27. The molecule has 3 aromatic rings. The Labute approximate surface area is 205 Å². The van der Waals surface area contributed by atoms with Crippen LogP contribution in [0.25, 0.3) is 17.5 Å². The SMILES string of the molecule is CCn1c(SCC(=O)NCCN2C(=O)S/C(=C\c3cccnc3)C2=O)nnc1-c1ccccc1. The molecular formula is C23H22N6O3S2. The number of pyridine rings is 1. The number of thioether (sulfide) groups is 2. The third-order valence-electron chi connectivity index (χ3n) is 4.91. The Morgan fingerprint density at radius 1 is 1.15 bits per heavy atom. The quantitative estimate of drug-likeness (QED) is 0.356. The highest BCUT2D eigenvalue weighted by Crippen LogP contribution is 2.31. The van der Waals surface area contributed by atoms with Gasteiger partial charge in [-0.05, 0) is 36.4 Å². The normalized spacial score (nSPS) is 14.7. The average molecular weight is 495 g/mol. The Morgan fingerprint density at radius 3 is 2.71 bits per heavy atom. The van der Waals surface area contributed by atoms with Gasteiger partial charge in [0.2, 0.25) is 5.91 Å². The van der Waals surface area contributed by atoms with Gasteiger partial charge in [-0.2, -0.15) is 0 Å². The molecule has 1 aliphatic rings. The van der Waals surface area contributed by atoms with Crippen LogP contribution in [0.3, 0.4) is 0 Å². The van der Waals surface area contributed by atoms with Gasteiger partial charge in [-0.3, -0.25) is 24.3 Å². The Kier molecular flexibility index (Phi) is 7.76. The molecular weight excluding hydrogens is 472 g/mol. The van der Waals surface area contributed by atoms with Crippen molar-refractivity contribution in [2.75, 3.05) is 18.8 Å². The van der Waals surface area contributed by atoms with Crippen molar-refractivity contribution < 1.29 is 14.4 Å². The van der Waals surface area contributed by atoms with Gasteiger partial charge in [0.15, 0.2) is 11.0 Å². The molecule has 0 aliphatic carbocycles. The van der Waals surface area contributed by atoms with Crippen LogP contribution in [-0.2, 0) is 16.1 Å². The summed E-state index contributed by atoms with van der Waals surface area (Å²) in [5.41, 5.74) is 1.71. The van der Waals surface area contributed by atoms with E-state index in [1.54, 1.807) is 30.6 Å². The van der Waals surface area contributed by atoms with E-state index < -0.39 is 0 Å². The maximum Gasteiger partial charge on any atom is 0.293 e. The molecule has 3 heterocycles. The molecule has 0 saturated carbocycles. The number of benzene rings is 1. The predicted octanol–water partition coefficient (Wildman–Crippen LogP) is 3.30. The van der Waals surface area contributed by atoms with E-state index in [-0.39, 0.29) is 35.9 Å². The van der Waals surface area contributed by atoms with Gasteiger partial charge in [0, 0.05) is 37.6 Å². The monoisotopic (exact) mass is 494 g/mol. The zero-order chi connectivity index (χ0) is 23.9. The van der Waals surface area contributed by atoms with Gasteiger partial charge in [0.25, 0.3) is 11.1 Å². The number of carbonyl (C=O) groups excluding carboxylic acids is 3. The third kappa shape index (κ3) is 5.54. The number of hydrogen-bond acceptors (Lipinski definition) is 8. The van der Waals surface area contributed by atoms with Crippen LogP contribution in [0.4, 0.5) is 4.79 Å². The fraction of sp³-hybridized carbons (Fsp3) is 0.217. The van der Waals surface area contributed by atoms with Gasteiger partial charge in [-0.25, -0.2) is 0 Å². The molecule has 4 rings (SSSR count). The van der Waals surface area contributed by atoms with Crippen LogP contribution in [0.1, 0.15) is 12.5 Å². The van der Waals surface area contributed by atoms with E-state index in [9.17, 15) is 14.4 Å². The molecule has 1 saturated heterocycles. The van der Waals surface area contributed by atoms with Crippen molar-refractivity contribution in [2.45, 2.75) is 18.6 Å². The van der Waals surface area contributed by atoms with Gasteiger partial charge in [0.1, 0.15) is 0 Å². The van der Waals surface area contributed by atoms with E-state index in [2.05, 4.69) is 20.5 Å². The maximum absolute atomic E-state index is 12.6. The number of imide groups is 1. The zero-order valence-electron chi connectivity index (χ0n) is 18.4. The summed E-state index contributed by atoms with van der Waals surface area (Å²) in [6, 6.07) is 13.3. The van der Waals surface area contributed by atoms with Crippen molar-refractivity contribution in [3.05, 3.63) is 65.3 Å². The van der Waals surface area contributed by atoms with Crippen LogP contribution in [-0.4, -0.2) is 60.5 Å². The fourth-order valence-corrected chi connectivity index (χ4v) is 4.97. The molecule has 0 spiro atoms. The van der Waals surface area contributed by atoms with Crippen LogP contribution >= 0.6 is 23.5 Å². The van der Waals surface area contributed by atoms with Crippen molar-refractivity contribution in [3.8, 4) is 11.4 Å². The number of carbonyl (C=O) groups is 3. The lowest BCUT2D eigenvalue weighted by molar-refractivity contribution is -0.123. The molecule has 0 unspecified atom stereocenters. The lowest BCUT2D eigenvalue weighted by Crippen LogP contribution is -2.37. The summed E-state index contributed by atoms with van der Waals surface area (Å²) in [7, 11) is 0. The largest absolute Gasteiger partial charge is 0.354 e. The first-order valence-corrected chi connectivity index (χ1v) is 12.4. The highest BCUT2D eigenvalue weighted by Gasteiger charge is 2.34. The smallest absolute Gasteiger partial charge is 0.293 e. The predicted molar refractivity (Wildman–Crippen MR) is 132 cm³/mol. The molecule has 9 nitrogen and oxygen atoms in total. The molecule has 174 valence electrons. The molecule has 1 aliphatic heterocycles. The summed E-state index contributed by atoms with van der Waals surface area (Å²) in [5.74, 6) is 0.321. The molecule has 2 aromatic heterocycles. The molecule has 0 radical (unpaired) electrons. The van der Waals surface area contributed by atoms with Crippen molar-refractivity contribution in [3.63, 3.8) is 0 Å². The van der Waals surface area contributed by atoms with E-state index in [4.69, 9.17) is 0 Å². The van der Waals surface area contributed by atoms with Gasteiger partial charge in [-0.1, -0.05) is 48.2 Å². The lowest BCUT2D eigenvalue weighted by Gasteiger charge is -2.13. The molecule has 11 heteroatoms. The van der Waals surface area contributed by atoms with Gasteiger partial charge in [-0.15, -0.1) is 10.2 Å². The van der Waals surface area contributed by atoms with Crippen LogP contribution in [0.15, 0.2) is 64.9 Å². The minimum Gasteiger partial charge on any atom is -0.354 e. The summed E-state index contributed by atoms with van der Waals surface area (Å²) in [5, 5.41) is 11.6. The number of hydrogen-bond donors (Lipinski definition) is 1. The van der Waals surface area contributed by atoms with E-state index in [0.717, 1.165) is 33.6 Å². The molecule has 34 heavy (non-hydrogen) atoms. The zero-order valence-corrected chi connectivity index (χ0v) is 20.0. The summed E-state index contributed by atoms with van der Waals surface area (Å²) < 4.78 is 1.96. The first-order valence-electron chi connectivity index (χ1n) is 10.6. The molecule has 3 amide bonds. The van der Waals surface area contributed by atoms with Crippen molar-refractivity contribution in [1.29, 1.82) is 0 Å². The Bertz CT molecular complexity index is 1210. The molecule has 0 atom stereocenters. The van der Waals surface area contributed by atoms with E-state index >= 15 is 0 Å². The number of nitrogens with zero attached hydrogens (tertiary/aromatic N) is 5. The maximum atomic E-state index is 12.6. The van der Waals surface area contributed by atoms with E-state index in [1.807, 2.05) is 41.8 Å². The molecule has 1 fully saturated rings.